The smallest absolute Gasteiger partial charge is 0.331 e. The molecule has 0 aromatic rings. The Labute approximate surface area is 72.3 Å². The zero-order chi connectivity index (χ0) is 9.78. The van der Waals surface area contributed by atoms with Crippen LogP contribution in [0.5, 0.6) is 0 Å². The number of methoxy groups -OCH3 is 1. The minimum atomic E-state index is -0.888. The third kappa shape index (κ3) is 2.53. The molecule has 1 atom stereocenters. The highest BCUT2D eigenvalue weighted by molar-refractivity contribution is 5.86. The molecule has 0 aromatic carbocycles. The molecule has 0 heterocycles. The van der Waals surface area contributed by atoms with Gasteiger partial charge in [-0.3, -0.25) is 4.79 Å². The molecule has 1 amide bonds. The van der Waals surface area contributed by atoms with Crippen molar-refractivity contribution in [2.75, 3.05) is 7.11 Å². The number of rotatable bonds is 3. The van der Waals surface area contributed by atoms with Gasteiger partial charge < -0.3 is 10.1 Å². The van der Waals surface area contributed by atoms with Crippen molar-refractivity contribution in [2.45, 2.75) is 32.7 Å². The molecule has 0 saturated heterocycles. The summed E-state index contributed by atoms with van der Waals surface area (Å²) < 4.78 is 4.55. The summed E-state index contributed by atoms with van der Waals surface area (Å²) >= 11 is 0. The Balaban J connectivity index is 4.44. The van der Waals surface area contributed by atoms with Crippen LogP contribution in [0, 0.1) is 0 Å². The van der Waals surface area contributed by atoms with Crippen LogP contribution < -0.4 is 5.32 Å². The lowest BCUT2D eigenvalue weighted by atomic mass is 9.99. The fourth-order valence-electron chi connectivity index (χ4n) is 0.898. The molecule has 4 heteroatoms. The molecular formula is C8H15NO3. The van der Waals surface area contributed by atoms with Crippen LogP contribution in [0.4, 0.5) is 0 Å². The van der Waals surface area contributed by atoms with Crippen molar-refractivity contribution in [2.24, 2.45) is 0 Å². The Morgan fingerprint density at radius 2 is 2.00 bits per heavy atom. The summed E-state index contributed by atoms with van der Waals surface area (Å²) in [6.45, 7) is 4.82. The van der Waals surface area contributed by atoms with Crippen molar-refractivity contribution in [1.82, 2.24) is 5.32 Å². The Hall–Kier alpha value is -1.06. The van der Waals surface area contributed by atoms with E-state index in [-0.39, 0.29) is 5.91 Å². The van der Waals surface area contributed by atoms with Gasteiger partial charge in [0.1, 0.15) is 5.54 Å². The summed E-state index contributed by atoms with van der Waals surface area (Å²) in [5.41, 5.74) is -0.888. The Morgan fingerprint density at radius 1 is 1.50 bits per heavy atom. The molecule has 0 saturated carbocycles. The number of ether oxygens (including phenoxy) is 1. The SMILES string of the molecule is CCC(C)(NC(C)=O)C(=O)OC. The topological polar surface area (TPSA) is 55.4 Å². The molecule has 0 aliphatic carbocycles. The highest BCUT2D eigenvalue weighted by Crippen LogP contribution is 2.10. The molecule has 0 aliphatic rings. The van der Waals surface area contributed by atoms with E-state index in [4.69, 9.17) is 0 Å². The molecular weight excluding hydrogens is 158 g/mol. The molecule has 0 spiro atoms. The normalized spacial score (nSPS) is 14.7. The van der Waals surface area contributed by atoms with Gasteiger partial charge in [-0.2, -0.15) is 0 Å². The van der Waals surface area contributed by atoms with E-state index in [2.05, 4.69) is 10.1 Å². The Morgan fingerprint density at radius 3 is 2.25 bits per heavy atom. The van der Waals surface area contributed by atoms with Crippen LogP contribution in [0.1, 0.15) is 27.2 Å². The van der Waals surface area contributed by atoms with E-state index >= 15 is 0 Å². The molecule has 12 heavy (non-hydrogen) atoms. The first-order chi connectivity index (χ1) is 5.46. The highest BCUT2D eigenvalue weighted by Gasteiger charge is 2.32. The molecule has 1 unspecified atom stereocenters. The van der Waals surface area contributed by atoms with Crippen molar-refractivity contribution in [3.63, 3.8) is 0 Å². The van der Waals surface area contributed by atoms with Gasteiger partial charge in [-0.1, -0.05) is 6.92 Å². The van der Waals surface area contributed by atoms with E-state index in [1.165, 1.54) is 14.0 Å². The number of hydrogen-bond donors (Lipinski definition) is 1. The van der Waals surface area contributed by atoms with Gasteiger partial charge >= 0.3 is 5.97 Å². The third-order valence-electron chi connectivity index (χ3n) is 1.79. The highest BCUT2D eigenvalue weighted by atomic mass is 16.5. The van der Waals surface area contributed by atoms with E-state index in [9.17, 15) is 9.59 Å². The second kappa shape index (κ2) is 4.09. The number of hydrogen-bond acceptors (Lipinski definition) is 3. The first-order valence-corrected chi connectivity index (χ1v) is 3.83. The lowest BCUT2D eigenvalue weighted by molar-refractivity contribution is -0.150. The van der Waals surface area contributed by atoms with Gasteiger partial charge in [-0.25, -0.2) is 4.79 Å². The first-order valence-electron chi connectivity index (χ1n) is 3.83. The standard InChI is InChI=1S/C8H15NO3/c1-5-8(3,7(11)12-4)9-6(2)10/h5H2,1-4H3,(H,9,10). The summed E-state index contributed by atoms with van der Waals surface area (Å²) in [5.74, 6) is -0.648. The fourth-order valence-corrected chi connectivity index (χ4v) is 0.898. The molecule has 0 radical (unpaired) electrons. The summed E-state index contributed by atoms with van der Waals surface area (Å²) in [6, 6.07) is 0. The second-order valence-electron chi connectivity index (χ2n) is 2.86. The maximum Gasteiger partial charge on any atom is 0.331 e. The summed E-state index contributed by atoms with van der Waals surface area (Å²) in [5, 5.41) is 2.54. The van der Waals surface area contributed by atoms with Gasteiger partial charge in [0.05, 0.1) is 7.11 Å². The van der Waals surface area contributed by atoms with Gasteiger partial charge in [0.15, 0.2) is 0 Å². The van der Waals surface area contributed by atoms with Crippen LogP contribution in [0.3, 0.4) is 0 Å². The summed E-state index contributed by atoms with van der Waals surface area (Å²) in [6.07, 6.45) is 0.513. The predicted octanol–water partition coefficient (Wildman–Crippen LogP) is 0.464. The molecule has 0 bridgehead atoms. The Kier molecular flexibility index (Phi) is 3.73. The summed E-state index contributed by atoms with van der Waals surface area (Å²) in [7, 11) is 1.30. The molecule has 1 N–H and O–H groups in total. The van der Waals surface area contributed by atoms with Crippen LogP contribution in [-0.4, -0.2) is 24.5 Å². The van der Waals surface area contributed by atoms with E-state index in [0.717, 1.165) is 0 Å². The van der Waals surface area contributed by atoms with Crippen LogP contribution in [-0.2, 0) is 14.3 Å². The van der Waals surface area contributed by atoms with Crippen LogP contribution in [0.25, 0.3) is 0 Å². The molecule has 70 valence electrons. The maximum absolute atomic E-state index is 11.2. The zero-order valence-corrected chi connectivity index (χ0v) is 7.93. The monoisotopic (exact) mass is 173 g/mol. The fraction of sp³-hybridized carbons (Fsp3) is 0.750. The lowest BCUT2D eigenvalue weighted by Gasteiger charge is -2.25. The molecule has 0 aliphatic heterocycles. The van der Waals surface area contributed by atoms with Crippen molar-refractivity contribution < 1.29 is 14.3 Å². The number of carbonyl (C=O) groups is 2. The maximum atomic E-state index is 11.2. The van der Waals surface area contributed by atoms with E-state index < -0.39 is 11.5 Å². The average molecular weight is 173 g/mol. The van der Waals surface area contributed by atoms with Crippen molar-refractivity contribution in [3.8, 4) is 0 Å². The van der Waals surface area contributed by atoms with Gasteiger partial charge in [-0.05, 0) is 13.3 Å². The van der Waals surface area contributed by atoms with Gasteiger partial charge in [0.25, 0.3) is 0 Å². The molecule has 0 aromatic heterocycles. The number of amides is 1. The predicted molar refractivity (Wildman–Crippen MR) is 44.5 cm³/mol. The number of nitrogens with one attached hydrogen (secondary N) is 1. The van der Waals surface area contributed by atoms with E-state index in [0.29, 0.717) is 6.42 Å². The van der Waals surface area contributed by atoms with Crippen molar-refractivity contribution in [1.29, 1.82) is 0 Å². The van der Waals surface area contributed by atoms with E-state index in [1.54, 1.807) is 6.92 Å². The van der Waals surface area contributed by atoms with Crippen LogP contribution in [0.15, 0.2) is 0 Å². The van der Waals surface area contributed by atoms with Crippen molar-refractivity contribution >= 4 is 11.9 Å². The Bertz CT molecular complexity index is 191. The number of carbonyl (C=O) groups excluding carboxylic acids is 2. The van der Waals surface area contributed by atoms with Gasteiger partial charge in [-0.15, -0.1) is 0 Å². The van der Waals surface area contributed by atoms with Crippen molar-refractivity contribution in [3.05, 3.63) is 0 Å². The van der Waals surface area contributed by atoms with Gasteiger partial charge in [0.2, 0.25) is 5.91 Å². The first kappa shape index (κ1) is 10.9. The lowest BCUT2D eigenvalue weighted by Crippen LogP contribution is -2.51. The number of esters is 1. The summed E-state index contributed by atoms with van der Waals surface area (Å²) in [4.78, 5) is 21.9. The average Bonchev–Trinajstić information content (AvgIpc) is 2.01. The van der Waals surface area contributed by atoms with Gasteiger partial charge in [0, 0.05) is 6.92 Å². The largest absolute Gasteiger partial charge is 0.467 e. The zero-order valence-electron chi connectivity index (χ0n) is 7.93. The molecule has 0 fully saturated rings. The van der Waals surface area contributed by atoms with E-state index in [1.807, 2.05) is 6.92 Å². The van der Waals surface area contributed by atoms with Crippen LogP contribution in [0.2, 0.25) is 0 Å². The molecule has 0 rings (SSSR count). The second-order valence-corrected chi connectivity index (χ2v) is 2.86. The molecule has 4 nitrogen and oxygen atoms in total. The third-order valence-corrected chi connectivity index (χ3v) is 1.79. The minimum Gasteiger partial charge on any atom is -0.467 e. The quantitative estimate of drug-likeness (QED) is 0.631. The van der Waals surface area contributed by atoms with Crippen LogP contribution >= 0.6 is 0 Å². The minimum absolute atomic E-state index is 0.232.